The highest BCUT2D eigenvalue weighted by molar-refractivity contribution is 7.89. The normalized spacial score (nSPS) is 12.0. The Bertz CT molecular complexity index is 791. The van der Waals surface area contributed by atoms with Crippen molar-refractivity contribution in [2.24, 2.45) is 4.99 Å². The van der Waals surface area contributed by atoms with E-state index in [4.69, 9.17) is 0 Å². The second-order valence-corrected chi connectivity index (χ2v) is 8.00. The molecule has 2 N–H and O–H groups in total. The van der Waals surface area contributed by atoms with E-state index in [0.717, 1.165) is 11.1 Å². The fourth-order valence-electron chi connectivity index (χ4n) is 2.26. The zero-order valence-corrected chi connectivity index (χ0v) is 16.0. The second-order valence-electron chi connectivity index (χ2n) is 6.07. The Balaban J connectivity index is 1.82. The summed E-state index contributed by atoms with van der Waals surface area (Å²) in [4.78, 5) is 6.36. The molecule has 0 unspecified atom stereocenters. The summed E-state index contributed by atoms with van der Waals surface area (Å²) >= 11 is 0. The van der Waals surface area contributed by atoms with Crippen LogP contribution in [-0.4, -0.2) is 45.7 Å². The summed E-state index contributed by atoms with van der Waals surface area (Å²) in [6.07, 6.45) is 0. The number of nitrogens with zero attached hydrogens (tertiary/aromatic N) is 2. The summed E-state index contributed by atoms with van der Waals surface area (Å²) < 4.78 is 26.9. The van der Waals surface area contributed by atoms with Crippen LogP contribution in [0.1, 0.15) is 11.1 Å². The number of sulfonamides is 1. The van der Waals surface area contributed by atoms with Crippen LogP contribution in [0.15, 0.2) is 65.7 Å². The SMILES string of the molecule is CN(C)C(=NCc1ccccc1)NCCS(=O)(=O)NCc1ccccc1. The first-order valence-corrected chi connectivity index (χ1v) is 10.1. The standard InChI is InChI=1S/C19H26N4O2S/c1-23(2)19(21-15-17-9-5-3-6-10-17)20-13-14-26(24,25)22-16-18-11-7-4-8-12-18/h3-12,22H,13-16H2,1-2H3,(H,20,21). The van der Waals surface area contributed by atoms with E-state index in [-0.39, 0.29) is 12.3 Å². The summed E-state index contributed by atoms with van der Waals surface area (Å²) in [6, 6.07) is 19.4. The van der Waals surface area contributed by atoms with Crippen molar-refractivity contribution in [2.75, 3.05) is 26.4 Å². The average molecular weight is 375 g/mol. The smallest absolute Gasteiger partial charge is 0.213 e. The molecule has 0 atom stereocenters. The van der Waals surface area contributed by atoms with Gasteiger partial charge in [0, 0.05) is 27.2 Å². The molecule has 0 spiro atoms. The van der Waals surface area contributed by atoms with Crippen LogP contribution in [0.25, 0.3) is 0 Å². The van der Waals surface area contributed by atoms with Crippen molar-refractivity contribution >= 4 is 16.0 Å². The molecule has 0 saturated carbocycles. The number of rotatable bonds is 8. The first kappa shape index (κ1) is 19.9. The Labute approximate surface area is 156 Å². The predicted octanol–water partition coefficient (Wildman–Crippen LogP) is 1.81. The quantitative estimate of drug-likeness (QED) is 0.546. The summed E-state index contributed by atoms with van der Waals surface area (Å²) in [7, 11) is 0.394. The molecule has 140 valence electrons. The van der Waals surface area contributed by atoms with E-state index in [1.165, 1.54) is 0 Å². The molecule has 0 radical (unpaired) electrons. The first-order valence-electron chi connectivity index (χ1n) is 8.47. The molecule has 0 aliphatic heterocycles. The van der Waals surface area contributed by atoms with Crippen molar-refractivity contribution in [1.29, 1.82) is 0 Å². The number of guanidine groups is 1. The average Bonchev–Trinajstić information content (AvgIpc) is 2.64. The molecule has 0 bridgehead atoms. The third-order valence-corrected chi connectivity index (χ3v) is 5.00. The molecule has 2 rings (SSSR count). The van der Waals surface area contributed by atoms with Gasteiger partial charge in [-0.25, -0.2) is 18.1 Å². The lowest BCUT2D eigenvalue weighted by molar-refractivity contribution is 0.570. The Morgan fingerprint density at radius 2 is 1.54 bits per heavy atom. The van der Waals surface area contributed by atoms with Crippen molar-refractivity contribution < 1.29 is 8.42 Å². The molecular formula is C19H26N4O2S. The Kier molecular flexibility index (Phi) is 7.62. The van der Waals surface area contributed by atoms with Gasteiger partial charge in [-0.15, -0.1) is 0 Å². The molecule has 6 nitrogen and oxygen atoms in total. The number of benzene rings is 2. The molecule has 26 heavy (non-hydrogen) atoms. The van der Waals surface area contributed by atoms with E-state index >= 15 is 0 Å². The van der Waals surface area contributed by atoms with Gasteiger partial charge in [0.05, 0.1) is 12.3 Å². The summed E-state index contributed by atoms with van der Waals surface area (Å²) in [5.41, 5.74) is 2.04. The molecular weight excluding hydrogens is 348 g/mol. The lowest BCUT2D eigenvalue weighted by atomic mass is 10.2. The highest BCUT2D eigenvalue weighted by atomic mass is 32.2. The fraction of sp³-hybridized carbons (Fsp3) is 0.316. The summed E-state index contributed by atoms with van der Waals surface area (Å²) in [6.45, 7) is 1.13. The van der Waals surface area contributed by atoms with Crippen molar-refractivity contribution in [3.8, 4) is 0 Å². The maximum atomic E-state index is 12.1. The molecule has 0 aliphatic carbocycles. The van der Waals surface area contributed by atoms with Crippen molar-refractivity contribution in [1.82, 2.24) is 14.9 Å². The zero-order chi connectivity index (χ0) is 18.8. The highest BCUT2D eigenvalue weighted by Crippen LogP contribution is 2.01. The number of hydrogen-bond acceptors (Lipinski definition) is 3. The van der Waals surface area contributed by atoms with E-state index in [0.29, 0.717) is 19.0 Å². The van der Waals surface area contributed by atoms with Gasteiger partial charge in [0.2, 0.25) is 10.0 Å². The van der Waals surface area contributed by atoms with Gasteiger partial charge in [0.25, 0.3) is 0 Å². The van der Waals surface area contributed by atoms with Crippen LogP contribution in [0, 0.1) is 0 Å². The topological polar surface area (TPSA) is 73.8 Å². The maximum Gasteiger partial charge on any atom is 0.213 e. The van der Waals surface area contributed by atoms with Gasteiger partial charge < -0.3 is 10.2 Å². The lowest BCUT2D eigenvalue weighted by Crippen LogP contribution is -2.40. The Morgan fingerprint density at radius 3 is 2.12 bits per heavy atom. The van der Waals surface area contributed by atoms with Gasteiger partial charge in [0.1, 0.15) is 0 Å². The van der Waals surface area contributed by atoms with Gasteiger partial charge in [-0.3, -0.25) is 0 Å². The number of hydrogen-bond donors (Lipinski definition) is 2. The molecule has 2 aromatic rings. The van der Waals surface area contributed by atoms with Gasteiger partial charge in [-0.1, -0.05) is 60.7 Å². The fourth-order valence-corrected chi connectivity index (χ4v) is 3.17. The molecule has 7 heteroatoms. The van der Waals surface area contributed by atoms with Gasteiger partial charge in [-0.05, 0) is 11.1 Å². The molecule has 0 fully saturated rings. The molecule has 0 saturated heterocycles. The number of aliphatic imine (C=N–C) groups is 1. The van der Waals surface area contributed by atoms with Crippen molar-refractivity contribution in [3.05, 3.63) is 71.8 Å². The van der Waals surface area contributed by atoms with E-state index in [2.05, 4.69) is 15.0 Å². The monoisotopic (exact) mass is 374 g/mol. The van der Waals surface area contributed by atoms with Crippen molar-refractivity contribution in [3.63, 3.8) is 0 Å². The second kappa shape index (κ2) is 9.94. The van der Waals surface area contributed by atoms with Crippen LogP contribution in [0.4, 0.5) is 0 Å². The molecule has 2 aromatic carbocycles. The third kappa shape index (κ3) is 7.25. The highest BCUT2D eigenvalue weighted by Gasteiger charge is 2.11. The first-order chi connectivity index (χ1) is 12.5. The van der Waals surface area contributed by atoms with Gasteiger partial charge >= 0.3 is 0 Å². The van der Waals surface area contributed by atoms with E-state index in [1.54, 1.807) is 0 Å². The van der Waals surface area contributed by atoms with Crippen LogP contribution in [0.2, 0.25) is 0 Å². The third-order valence-electron chi connectivity index (χ3n) is 3.67. The minimum Gasteiger partial charge on any atom is -0.355 e. The van der Waals surface area contributed by atoms with Crippen LogP contribution < -0.4 is 10.0 Å². The predicted molar refractivity (Wildman–Crippen MR) is 106 cm³/mol. The zero-order valence-electron chi connectivity index (χ0n) is 15.2. The maximum absolute atomic E-state index is 12.1. The minimum absolute atomic E-state index is 0.0158. The number of nitrogens with one attached hydrogen (secondary N) is 2. The molecule has 0 aromatic heterocycles. The summed E-state index contributed by atoms with van der Waals surface area (Å²) in [5.74, 6) is 0.644. The van der Waals surface area contributed by atoms with Crippen LogP contribution >= 0.6 is 0 Å². The van der Waals surface area contributed by atoms with E-state index in [1.807, 2.05) is 79.7 Å². The van der Waals surface area contributed by atoms with Gasteiger partial charge in [-0.2, -0.15) is 0 Å². The molecule has 0 heterocycles. The largest absolute Gasteiger partial charge is 0.355 e. The minimum atomic E-state index is -3.35. The summed E-state index contributed by atoms with van der Waals surface area (Å²) in [5, 5.41) is 3.10. The molecule has 0 aliphatic rings. The van der Waals surface area contributed by atoms with Crippen LogP contribution in [-0.2, 0) is 23.1 Å². The van der Waals surface area contributed by atoms with Crippen molar-refractivity contribution in [2.45, 2.75) is 13.1 Å². The van der Waals surface area contributed by atoms with Crippen LogP contribution in [0.3, 0.4) is 0 Å². The Morgan fingerprint density at radius 1 is 0.962 bits per heavy atom. The molecule has 0 amide bonds. The lowest BCUT2D eigenvalue weighted by Gasteiger charge is -2.18. The van der Waals surface area contributed by atoms with Gasteiger partial charge in [0.15, 0.2) is 5.96 Å². The van der Waals surface area contributed by atoms with E-state index in [9.17, 15) is 8.42 Å². The van der Waals surface area contributed by atoms with Crippen LogP contribution in [0.5, 0.6) is 0 Å². The Hall–Kier alpha value is -2.38. The van der Waals surface area contributed by atoms with E-state index < -0.39 is 10.0 Å².